The van der Waals surface area contributed by atoms with Crippen molar-refractivity contribution < 1.29 is 9.72 Å². The van der Waals surface area contributed by atoms with Crippen molar-refractivity contribution in [2.75, 3.05) is 17.4 Å². The number of amides is 1. The standard InChI is InChI=1S/C25H22N6O3/c1-30(20-15-9-4-10-16-20)24-22(31(33)34)23(26-17-27-24)28-29-25(32)21(18-11-5-2-6-12-18)19-13-7-3-8-14-19/h2-17,21H,1H3,(H,29,32)(H,26,27,28). The number of anilines is 3. The third-order valence-corrected chi connectivity index (χ3v) is 5.28. The summed E-state index contributed by atoms with van der Waals surface area (Å²) in [5.41, 5.74) is 7.17. The first kappa shape index (κ1) is 22.4. The highest BCUT2D eigenvalue weighted by Crippen LogP contribution is 2.34. The third kappa shape index (κ3) is 4.83. The second-order valence-electron chi connectivity index (χ2n) is 7.41. The highest BCUT2D eigenvalue weighted by atomic mass is 16.6. The van der Waals surface area contributed by atoms with Crippen LogP contribution < -0.4 is 15.8 Å². The van der Waals surface area contributed by atoms with Crippen molar-refractivity contribution >= 4 is 28.9 Å². The number of carbonyl (C=O) groups excluding carboxylic acids is 1. The Morgan fingerprint density at radius 3 is 1.94 bits per heavy atom. The molecule has 0 unspecified atom stereocenters. The lowest BCUT2D eigenvalue weighted by molar-refractivity contribution is -0.383. The molecule has 9 heteroatoms. The molecule has 0 saturated carbocycles. The maximum absolute atomic E-state index is 13.2. The van der Waals surface area contributed by atoms with Crippen LogP contribution >= 0.6 is 0 Å². The van der Waals surface area contributed by atoms with Gasteiger partial charge in [0.2, 0.25) is 17.5 Å². The Kier molecular flexibility index (Phi) is 6.73. The first-order valence-electron chi connectivity index (χ1n) is 10.5. The molecule has 1 amide bonds. The van der Waals surface area contributed by atoms with Crippen molar-refractivity contribution in [1.82, 2.24) is 15.4 Å². The van der Waals surface area contributed by atoms with E-state index in [4.69, 9.17) is 0 Å². The number of hydrazine groups is 1. The number of hydrogen-bond donors (Lipinski definition) is 2. The molecule has 2 N–H and O–H groups in total. The quantitative estimate of drug-likeness (QED) is 0.299. The highest BCUT2D eigenvalue weighted by Gasteiger charge is 2.28. The van der Waals surface area contributed by atoms with Gasteiger partial charge in [-0.2, -0.15) is 0 Å². The fourth-order valence-electron chi connectivity index (χ4n) is 3.63. The van der Waals surface area contributed by atoms with Gasteiger partial charge < -0.3 is 4.90 Å². The van der Waals surface area contributed by atoms with Crippen LogP contribution in [0.1, 0.15) is 17.0 Å². The van der Waals surface area contributed by atoms with E-state index in [9.17, 15) is 14.9 Å². The molecule has 0 spiro atoms. The highest BCUT2D eigenvalue weighted by molar-refractivity contribution is 5.88. The minimum absolute atomic E-state index is 0.0885. The van der Waals surface area contributed by atoms with Crippen molar-refractivity contribution in [2.45, 2.75) is 5.92 Å². The van der Waals surface area contributed by atoms with E-state index >= 15 is 0 Å². The Balaban J connectivity index is 1.62. The van der Waals surface area contributed by atoms with E-state index in [2.05, 4.69) is 20.8 Å². The molecule has 1 heterocycles. The zero-order chi connectivity index (χ0) is 23.9. The number of benzene rings is 3. The van der Waals surface area contributed by atoms with Crippen LogP contribution in [0.2, 0.25) is 0 Å². The normalized spacial score (nSPS) is 10.5. The van der Waals surface area contributed by atoms with Crippen molar-refractivity contribution in [2.24, 2.45) is 0 Å². The van der Waals surface area contributed by atoms with Crippen molar-refractivity contribution in [1.29, 1.82) is 0 Å². The lowest BCUT2D eigenvalue weighted by Crippen LogP contribution is -2.35. The van der Waals surface area contributed by atoms with E-state index in [-0.39, 0.29) is 23.2 Å². The molecule has 34 heavy (non-hydrogen) atoms. The fraction of sp³-hybridized carbons (Fsp3) is 0.0800. The topological polar surface area (TPSA) is 113 Å². The summed E-state index contributed by atoms with van der Waals surface area (Å²) in [6, 6.07) is 27.7. The molecule has 0 aliphatic rings. The van der Waals surface area contributed by atoms with Crippen LogP contribution in [0.4, 0.5) is 23.0 Å². The molecule has 1 aromatic heterocycles. The van der Waals surface area contributed by atoms with Crippen LogP contribution in [0.25, 0.3) is 0 Å². The van der Waals surface area contributed by atoms with E-state index in [1.54, 1.807) is 11.9 Å². The van der Waals surface area contributed by atoms with Gasteiger partial charge in [0.05, 0.1) is 10.8 Å². The Bertz CT molecular complexity index is 1230. The summed E-state index contributed by atoms with van der Waals surface area (Å²) in [7, 11) is 1.67. The number of nitro groups is 1. The average molecular weight is 454 g/mol. The molecule has 9 nitrogen and oxygen atoms in total. The summed E-state index contributed by atoms with van der Waals surface area (Å²) in [5, 5.41) is 11.9. The van der Waals surface area contributed by atoms with Crippen molar-refractivity contribution in [3.63, 3.8) is 0 Å². The van der Waals surface area contributed by atoms with Crippen LogP contribution in [0.3, 0.4) is 0 Å². The summed E-state index contributed by atoms with van der Waals surface area (Å²) in [6.45, 7) is 0. The van der Waals surface area contributed by atoms with Crippen LogP contribution in [0.5, 0.6) is 0 Å². The Hall–Kier alpha value is -4.79. The van der Waals surface area contributed by atoms with Gasteiger partial charge in [-0.15, -0.1) is 0 Å². The Morgan fingerprint density at radius 2 is 1.41 bits per heavy atom. The number of para-hydroxylation sites is 1. The zero-order valence-corrected chi connectivity index (χ0v) is 18.3. The number of nitrogens with zero attached hydrogens (tertiary/aromatic N) is 4. The van der Waals surface area contributed by atoms with Gasteiger partial charge in [0.25, 0.3) is 0 Å². The number of carbonyl (C=O) groups is 1. The molecule has 170 valence electrons. The van der Waals surface area contributed by atoms with Crippen LogP contribution in [-0.4, -0.2) is 27.8 Å². The lowest BCUT2D eigenvalue weighted by Gasteiger charge is -2.20. The van der Waals surface area contributed by atoms with Gasteiger partial charge in [0.15, 0.2) is 0 Å². The molecule has 0 radical (unpaired) electrons. The lowest BCUT2D eigenvalue weighted by atomic mass is 9.91. The van der Waals surface area contributed by atoms with E-state index in [0.29, 0.717) is 5.69 Å². The predicted octanol–water partition coefficient (Wildman–Crippen LogP) is 4.43. The number of rotatable bonds is 8. The van der Waals surface area contributed by atoms with Crippen LogP contribution in [-0.2, 0) is 4.79 Å². The van der Waals surface area contributed by atoms with Gasteiger partial charge >= 0.3 is 5.69 Å². The van der Waals surface area contributed by atoms with Crippen LogP contribution in [0.15, 0.2) is 97.3 Å². The molecule has 0 aliphatic heterocycles. The monoisotopic (exact) mass is 454 g/mol. The largest absolute Gasteiger partial charge is 0.355 e. The summed E-state index contributed by atoms with van der Waals surface area (Å²) >= 11 is 0. The minimum Gasteiger partial charge on any atom is -0.324 e. The summed E-state index contributed by atoms with van der Waals surface area (Å²) in [4.78, 5) is 34.3. The fourth-order valence-corrected chi connectivity index (χ4v) is 3.63. The maximum Gasteiger partial charge on any atom is 0.355 e. The average Bonchev–Trinajstić information content (AvgIpc) is 2.88. The number of hydrogen-bond acceptors (Lipinski definition) is 7. The first-order valence-corrected chi connectivity index (χ1v) is 10.5. The minimum atomic E-state index is -0.623. The molecule has 4 rings (SSSR count). The van der Waals surface area contributed by atoms with Gasteiger partial charge in [-0.05, 0) is 23.3 Å². The number of nitrogens with one attached hydrogen (secondary N) is 2. The Labute approximate surface area is 196 Å². The second-order valence-corrected chi connectivity index (χ2v) is 7.41. The van der Waals surface area contributed by atoms with Crippen LogP contribution in [0, 0.1) is 10.1 Å². The molecule has 3 aromatic carbocycles. The maximum atomic E-state index is 13.2. The Morgan fingerprint density at radius 1 is 0.882 bits per heavy atom. The van der Waals surface area contributed by atoms with Gasteiger partial charge in [0, 0.05) is 12.7 Å². The molecular formula is C25H22N6O3. The molecule has 0 saturated heterocycles. The molecule has 0 atom stereocenters. The van der Waals surface area contributed by atoms with Crippen molar-refractivity contribution in [3.05, 3.63) is 119 Å². The zero-order valence-electron chi connectivity index (χ0n) is 18.3. The van der Waals surface area contributed by atoms with Gasteiger partial charge in [-0.3, -0.25) is 25.8 Å². The van der Waals surface area contributed by atoms with Gasteiger partial charge in [-0.1, -0.05) is 78.9 Å². The summed E-state index contributed by atoms with van der Waals surface area (Å²) in [5.74, 6) is -1.04. The third-order valence-electron chi connectivity index (χ3n) is 5.28. The van der Waals surface area contributed by atoms with E-state index in [0.717, 1.165) is 11.1 Å². The van der Waals surface area contributed by atoms with E-state index in [1.165, 1.54) is 6.33 Å². The molecule has 0 aliphatic carbocycles. The van der Waals surface area contributed by atoms with Gasteiger partial charge in [0.1, 0.15) is 6.33 Å². The molecular weight excluding hydrogens is 432 g/mol. The predicted molar refractivity (Wildman–Crippen MR) is 130 cm³/mol. The second kappa shape index (κ2) is 10.2. The SMILES string of the molecule is CN(c1ccccc1)c1ncnc(NNC(=O)C(c2ccccc2)c2ccccc2)c1[N+](=O)[O-]. The molecule has 0 fully saturated rings. The number of aromatic nitrogens is 2. The molecule has 0 bridgehead atoms. The summed E-state index contributed by atoms with van der Waals surface area (Å²) < 4.78 is 0. The van der Waals surface area contributed by atoms with E-state index in [1.807, 2.05) is 91.0 Å². The first-order chi connectivity index (χ1) is 16.6. The van der Waals surface area contributed by atoms with E-state index < -0.39 is 10.8 Å². The van der Waals surface area contributed by atoms with Crippen molar-refractivity contribution in [3.8, 4) is 0 Å². The van der Waals surface area contributed by atoms with Gasteiger partial charge in [-0.25, -0.2) is 9.97 Å². The molecule has 4 aromatic rings. The smallest absolute Gasteiger partial charge is 0.324 e. The summed E-state index contributed by atoms with van der Waals surface area (Å²) in [6.07, 6.45) is 1.21.